The number of rotatable bonds is 9. The summed E-state index contributed by atoms with van der Waals surface area (Å²) >= 11 is 0. The van der Waals surface area contributed by atoms with E-state index < -0.39 is 5.97 Å². The molecule has 6 heteroatoms. The van der Waals surface area contributed by atoms with Gasteiger partial charge in [-0.25, -0.2) is 4.79 Å². The molecule has 27 heavy (non-hydrogen) atoms. The van der Waals surface area contributed by atoms with Crippen molar-refractivity contribution in [3.05, 3.63) is 65.2 Å². The van der Waals surface area contributed by atoms with Gasteiger partial charge in [0, 0.05) is 7.11 Å². The highest BCUT2D eigenvalue weighted by Gasteiger charge is 2.12. The van der Waals surface area contributed by atoms with Crippen LogP contribution in [0.15, 0.2) is 54.1 Å². The quantitative estimate of drug-likeness (QED) is 0.293. The Bertz CT molecular complexity index is 824. The van der Waals surface area contributed by atoms with E-state index in [0.29, 0.717) is 23.7 Å². The second-order valence-electron chi connectivity index (χ2n) is 5.48. The van der Waals surface area contributed by atoms with Crippen molar-refractivity contribution in [2.75, 3.05) is 27.4 Å². The van der Waals surface area contributed by atoms with Gasteiger partial charge < -0.3 is 18.9 Å². The van der Waals surface area contributed by atoms with Gasteiger partial charge in [-0.1, -0.05) is 36.4 Å². The average molecular weight is 367 g/mol. The standard InChI is InChI=1S/C21H21NO5/c1-24-10-11-26-21(23)18(14-22)12-17-8-9-19(25-2)20(13-17)27-15-16-6-4-3-5-7-16/h3-9,12-13H,10-11,15H2,1-2H3. The van der Waals surface area contributed by atoms with Gasteiger partial charge in [0.15, 0.2) is 11.5 Å². The van der Waals surface area contributed by atoms with E-state index in [-0.39, 0.29) is 18.8 Å². The molecule has 0 bridgehead atoms. The zero-order valence-corrected chi connectivity index (χ0v) is 15.3. The summed E-state index contributed by atoms with van der Waals surface area (Å²) in [6, 6.07) is 16.7. The molecule has 0 saturated carbocycles. The lowest BCUT2D eigenvalue weighted by Gasteiger charge is -2.11. The van der Waals surface area contributed by atoms with Crippen LogP contribution in [0.5, 0.6) is 11.5 Å². The van der Waals surface area contributed by atoms with Crippen molar-refractivity contribution in [3.8, 4) is 17.6 Å². The van der Waals surface area contributed by atoms with Gasteiger partial charge >= 0.3 is 5.97 Å². The summed E-state index contributed by atoms with van der Waals surface area (Å²) in [4.78, 5) is 11.9. The number of methoxy groups -OCH3 is 2. The SMILES string of the molecule is COCCOC(=O)C(C#N)=Cc1ccc(OC)c(OCc2ccccc2)c1. The van der Waals surface area contributed by atoms with Gasteiger partial charge in [-0.2, -0.15) is 5.26 Å². The van der Waals surface area contributed by atoms with Crippen LogP contribution < -0.4 is 9.47 Å². The third-order valence-electron chi connectivity index (χ3n) is 3.60. The maximum absolute atomic E-state index is 11.9. The minimum Gasteiger partial charge on any atom is -0.493 e. The maximum atomic E-state index is 11.9. The van der Waals surface area contributed by atoms with E-state index in [2.05, 4.69) is 0 Å². The van der Waals surface area contributed by atoms with Crippen molar-refractivity contribution in [3.63, 3.8) is 0 Å². The highest BCUT2D eigenvalue weighted by atomic mass is 16.6. The maximum Gasteiger partial charge on any atom is 0.348 e. The van der Waals surface area contributed by atoms with Gasteiger partial charge in [0.2, 0.25) is 0 Å². The summed E-state index contributed by atoms with van der Waals surface area (Å²) in [5, 5.41) is 9.23. The number of ether oxygens (including phenoxy) is 4. The van der Waals surface area contributed by atoms with Crippen LogP contribution in [0.4, 0.5) is 0 Å². The molecule has 0 amide bonds. The zero-order chi connectivity index (χ0) is 19.5. The van der Waals surface area contributed by atoms with E-state index in [1.165, 1.54) is 13.2 Å². The number of hydrogen-bond donors (Lipinski definition) is 0. The van der Waals surface area contributed by atoms with Crippen LogP contribution in [-0.2, 0) is 20.9 Å². The second-order valence-corrected chi connectivity index (χ2v) is 5.48. The molecule has 0 aliphatic rings. The Labute approximate surface area is 158 Å². The van der Waals surface area contributed by atoms with Crippen LogP contribution in [-0.4, -0.2) is 33.4 Å². The second kappa shape index (κ2) is 10.6. The number of hydrogen-bond acceptors (Lipinski definition) is 6. The first kappa shape index (κ1) is 20.0. The first-order valence-electron chi connectivity index (χ1n) is 8.30. The molecule has 0 spiro atoms. The van der Waals surface area contributed by atoms with Crippen molar-refractivity contribution >= 4 is 12.0 Å². The van der Waals surface area contributed by atoms with Gasteiger partial charge in [0.05, 0.1) is 13.7 Å². The number of carbonyl (C=O) groups is 1. The number of carbonyl (C=O) groups excluding carboxylic acids is 1. The van der Waals surface area contributed by atoms with Gasteiger partial charge in [-0.3, -0.25) is 0 Å². The predicted octanol–water partition coefficient (Wildman–Crippen LogP) is 3.37. The van der Waals surface area contributed by atoms with E-state index in [4.69, 9.17) is 18.9 Å². The molecule has 0 unspecified atom stereocenters. The lowest BCUT2D eigenvalue weighted by Crippen LogP contribution is -2.11. The minimum atomic E-state index is -0.697. The lowest BCUT2D eigenvalue weighted by atomic mass is 10.1. The molecule has 6 nitrogen and oxygen atoms in total. The fourth-order valence-corrected chi connectivity index (χ4v) is 2.23. The summed E-state index contributed by atoms with van der Waals surface area (Å²) in [5.41, 5.74) is 1.53. The van der Waals surface area contributed by atoms with Crippen LogP contribution in [0.25, 0.3) is 6.08 Å². The largest absolute Gasteiger partial charge is 0.493 e. The highest BCUT2D eigenvalue weighted by Crippen LogP contribution is 2.29. The molecule has 0 N–H and O–H groups in total. The predicted molar refractivity (Wildman–Crippen MR) is 100 cm³/mol. The van der Waals surface area contributed by atoms with Crippen molar-refractivity contribution in [1.82, 2.24) is 0 Å². The molecular weight excluding hydrogens is 346 g/mol. The van der Waals surface area contributed by atoms with E-state index >= 15 is 0 Å². The Hall–Kier alpha value is -3.30. The van der Waals surface area contributed by atoms with Crippen molar-refractivity contribution in [2.45, 2.75) is 6.61 Å². The molecular formula is C21H21NO5. The Morgan fingerprint density at radius 2 is 1.85 bits per heavy atom. The summed E-state index contributed by atoms with van der Waals surface area (Å²) in [6.45, 7) is 0.724. The Morgan fingerprint density at radius 3 is 2.52 bits per heavy atom. The van der Waals surface area contributed by atoms with E-state index in [0.717, 1.165) is 5.56 Å². The summed E-state index contributed by atoms with van der Waals surface area (Å²) in [7, 11) is 3.05. The minimum absolute atomic E-state index is 0.0857. The fraction of sp³-hybridized carbons (Fsp3) is 0.238. The molecule has 140 valence electrons. The molecule has 0 atom stereocenters. The third kappa shape index (κ3) is 6.17. The van der Waals surface area contributed by atoms with Gasteiger partial charge in [-0.15, -0.1) is 0 Å². The molecule has 0 aliphatic carbocycles. The molecule has 2 rings (SSSR count). The molecule has 2 aromatic rings. The molecule has 0 fully saturated rings. The zero-order valence-electron chi connectivity index (χ0n) is 15.3. The highest BCUT2D eigenvalue weighted by molar-refractivity contribution is 5.97. The van der Waals surface area contributed by atoms with Crippen molar-refractivity contribution in [2.24, 2.45) is 0 Å². The first-order chi connectivity index (χ1) is 13.2. The molecule has 2 aromatic carbocycles. The summed E-state index contributed by atoms with van der Waals surface area (Å²) in [5.74, 6) is 0.376. The number of benzene rings is 2. The number of nitriles is 1. The fourth-order valence-electron chi connectivity index (χ4n) is 2.23. The molecule has 0 saturated heterocycles. The summed E-state index contributed by atoms with van der Waals surface area (Å²) in [6.07, 6.45) is 1.45. The monoisotopic (exact) mass is 367 g/mol. The molecule has 0 radical (unpaired) electrons. The van der Waals surface area contributed by atoms with E-state index in [1.54, 1.807) is 25.3 Å². The van der Waals surface area contributed by atoms with Crippen LogP contribution in [0.1, 0.15) is 11.1 Å². The van der Waals surface area contributed by atoms with Crippen molar-refractivity contribution in [1.29, 1.82) is 5.26 Å². The Kier molecular flexibility index (Phi) is 7.89. The smallest absolute Gasteiger partial charge is 0.348 e. The van der Waals surface area contributed by atoms with Crippen LogP contribution in [0.2, 0.25) is 0 Å². The van der Waals surface area contributed by atoms with Gasteiger partial charge in [0.25, 0.3) is 0 Å². The molecule has 0 aliphatic heterocycles. The summed E-state index contributed by atoms with van der Waals surface area (Å²) < 4.78 is 21.0. The van der Waals surface area contributed by atoms with E-state index in [1.807, 2.05) is 36.4 Å². The third-order valence-corrected chi connectivity index (χ3v) is 3.60. The van der Waals surface area contributed by atoms with Gasteiger partial charge in [-0.05, 0) is 29.3 Å². The first-order valence-corrected chi connectivity index (χ1v) is 8.30. The van der Waals surface area contributed by atoms with Crippen LogP contribution in [0.3, 0.4) is 0 Å². The Morgan fingerprint density at radius 1 is 1.07 bits per heavy atom. The molecule has 0 heterocycles. The Balaban J connectivity index is 2.16. The number of nitrogens with zero attached hydrogens (tertiary/aromatic N) is 1. The molecule has 0 aromatic heterocycles. The average Bonchev–Trinajstić information content (AvgIpc) is 2.71. The van der Waals surface area contributed by atoms with Gasteiger partial charge in [0.1, 0.15) is 24.9 Å². The van der Waals surface area contributed by atoms with Crippen LogP contribution >= 0.6 is 0 Å². The topological polar surface area (TPSA) is 77.8 Å². The normalized spacial score (nSPS) is 10.8. The van der Waals surface area contributed by atoms with Crippen LogP contribution in [0, 0.1) is 11.3 Å². The lowest BCUT2D eigenvalue weighted by molar-refractivity contribution is -0.139. The number of esters is 1. The van der Waals surface area contributed by atoms with Crippen molar-refractivity contribution < 1.29 is 23.7 Å². The van der Waals surface area contributed by atoms with E-state index in [9.17, 15) is 10.1 Å².